The van der Waals surface area contributed by atoms with Gasteiger partial charge in [-0.2, -0.15) is 0 Å². The van der Waals surface area contributed by atoms with Gasteiger partial charge in [0.15, 0.2) is 0 Å². The first-order valence-corrected chi connectivity index (χ1v) is 7.34. The Morgan fingerprint density at radius 2 is 2.06 bits per heavy atom. The third kappa shape index (κ3) is 4.25. The van der Waals surface area contributed by atoms with Crippen LogP contribution >= 0.6 is 11.8 Å². The van der Waals surface area contributed by atoms with Gasteiger partial charge in [-0.1, -0.05) is 0 Å². The summed E-state index contributed by atoms with van der Waals surface area (Å²) in [6.45, 7) is 2.39. The van der Waals surface area contributed by atoms with E-state index in [0.29, 0.717) is 0 Å². The molecule has 0 aliphatic carbocycles. The van der Waals surface area contributed by atoms with Crippen molar-refractivity contribution in [1.82, 2.24) is 5.32 Å². The summed E-state index contributed by atoms with van der Waals surface area (Å²) >= 11 is 1.97. The minimum atomic E-state index is 0.872. The topological polar surface area (TPSA) is 21.3 Å². The molecule has 1 N–H and O–H groups in total. The normalized spacial score (nSPS) is 20.9. The van der Waals surface area contributed by atoms with E-state index < -0.39 is 0 Å². The lowest BCUT2D eigenvalue weighted by atomic mass is 10.0. The third-order valence-corrected chi connectivity index (χ3v) is 4.48. The number of methoxy groups -OCH3 is 1. The highest BCUT2D eigenvalue weighted by Crippen LogP contribution is 2.26. The van der Waals surface area contributed by atoms with E-state index >= 15 is 0 Å². The van der Waals surface area contributed by atoms with Crippen molar-refractivity contribution in [2.75, 3.05) is 26.0 Å². The second-order valence-electron chi connectivity index (χ2n) is 4.53. The average molecular weight is 251 g/mol. The lowest BCUT2D eigenvalue weighted by molar-refractivity contribution is 0.414. The Kier molecular flexibility index (Phi) is 5.20. The Bertz CT molecular complexity index is 317. The third-order valence-electron chi connectivity index (χ3n) is 3.24. The maximum Gasteiger partial charge on any atom is 0.118 e. The summed E-state index contributed by atoms with van der Waals surface area (Å²) in [6, 6.07) is 8.38. The van der Waals surface area contributed by atoms with Gasteiger partial charge in [0.2, 0.25) is 0 Å². The minimum Gasteiger partial charge on any atom is -0.497 e. The van der Waals surface area contributed by atoms with E-state index in [0.717, 1.165) is 11.7 Å². The molecule has 3 heteroatoms. The molecule has 1 aliphatic rings. The molecule has 2 nitrogen and oxygen atoms in total. The molecular weight excluding hydrogens is 230 g/mol. The summed E-state index contributed by atoms with van der Waals surface area (Å²) in [7, 11) is 1.71. The van der Waals surface area contributed by atoms with Crippen LogP contribution in [-0.2, 0) is 0 Å². The van der Waals surface area contributed by atoms with Crippen molar-refractivity contribution >= 4 is 11.8 Å². The Balaban J connectivity index is 1.79. The van der Waals surface area contributed by atoms with Crippen molar-refractivity contribution in [3.05, 3.63) is 24.3 Å². The molecule has 94 valence electrons. The first-order valence-electron chi connectivity index (χ1n) is 6.36. The summed E-state index contributed by atoms with van der Waals surface area (Å²) in [5, 5.41) is 3.46. The molecule has 1 fully saturated rings. The first kappa shape index (κ1) is 12.8. The zero-order valence-corrected chi connectivity index (χ0v) is 11.3. The second-order valence-corrected chi connectivity index (χ2v) is 5.63. The van der Waals surface area contributed by atoms with Gasteiger partial charge in [-0.05, 0) is 62.5 Å². The zero-order chi connectivity index (χ0) is 11.9. The van der Waals surface area contributed by atoms with Crippen molar-refractivity contribution in [2.45, 2.75) is 24.2 Å². The monoisotopic (exact) mass is 251 g/mol. The predicted molar refractivity (Wildman–Crippen MR) is 73.9 cm³/mol. The molecule has 1 heterocycles. The Hall–Kier alpha value is -0.670. The SMILES string of the molecule is COc1ccc(SCC2CCCNCC2)cc1. The molecular formula is C14H21NOS. The molecule has 0 amide bonds. The van der Waals surface area contributed by atoms with Crippen LogP contribution < -0.4 is 10.1 Å². The highest BCUT2D eigenvalue weighted by molar-refractivity contribution is 7.99. The van der Waals surface area contributed by atoms with Crippen molar-refractivity contribution in [2.24, 2.45) is 5.92 Å². The second kappa shape index (κ2) is 6.92. The van der Waals surface area contributed by atoms with Crippen LogP contribution in [0.15, 0.2) is 29.2 Å². The summed E-state index contributed by atoms with van der Waals surface area (Å²) in [4.78, 5) is 1.35. The van der Waals surface area contributed by atoms with Gasteiger partial charge in [-0.25, -0.2) is 0 Å². The summed E-state index contributed by atoms with van der Waals surface area (Å²) in [6.07, 6.45) is 4.02. The summed E-state index contributed by atoms with van der Waals surface area (Å²) in [5.74, 6) is 3.05. The molecule has 0 aromatic heterocycles. The van der Waals surface area contributed by atoms with Gasteiger partial charge in [-0.3, -0.25) is 0 Å². The molecule has 17 heavy (non-hydrogen) atoms. The lowest BCUT2D eigenvalue weighted by Crippen LogP contribution is -2.14. The average Bonchev–Trinajstić information content (AvgIpc) is 2.65. The van der Waals surface area contributed by atoms with Crippen molar-refractivity contribution < 1.29 is 4.74 Å². The van der Waals surface area contributed by atoms with Gasteiger partial charge in [0.25, 0.3) is 0 Å². The van der Waals surface area contributed by atoms with Crippen LogP contribution in [0.4, 0.5) is 0 Å². The van der Waals surface area contributed by atoms with Crippen LogP contribution in [0.2, 0.25) is 0 Å². The summed E-state index contributed by atoms with van der Waals surface area (Å²) in [5.41, 5.74) is 0. The van der Waals surface area contributed by atoms with Crippen LogP contribution in [0.25, 0.3) is 0 Å². The van der Waals surface area contributed by atoms with E-state index in [2.05, 4.69) is 17.4 Å². The van der Waals surface area contributed by atoms with E-state index in [1.807, 2.05) is 23.9 Å². The maximum atomic E-state index is 5.16. The van der Waals surface area contributed by atoms with E-state index in [1.54, 1.807) is 7.11 Å². The molecule has 0 saturated carbocycles. The molecule has 1 aromatic carbocycles. The fraction of sp³-hybridized carbons (Fsp3) is 0.571. The maximum absolute atomic E-state index is 5.16. The van der Waals surface area contributed by atoms with Gasteiger partial charge in [0, 0.05) is 10.6 Å². The Labute approximate surface area is 108 Å². The van der Waals surface area contributed by atoms with Crippen LogP contribution in [0, 0.1) is 5.92 Å². The largest absolute Gasteiger partial charge is 0.497 e. The van der Waals surface area contributed by atoms with E-state index in [-0.39, 0.29) is 0 Å². The number of rotatable bonds is 4. The standard InChI is InChI=1S/C14H21NOS/c1-16-13-4-6-14(7-5-13)17-11-12-3-2-9-15-10-8-12/h4-7,12,15H,2-3,8-11H2,1H3. The van der Waals surface area contributed by atoms with Crippen LogP contribution in [0.5, 0.6) is 5.75 Å². The van der Waals surface area contributed by atoms with Crippen molar-refractivity contribution in [1.29, 1.82) is 0 Å². The van der Waals surface area contributed by atoms with Crippen molar-refractivity contribution in [3.63, 3.8) is 0 Å². The van der Waals surface area contributed by atoms with Crippen LogP contribution in [-0.4, -0.2) is 26.0 Å². The Morgan fingerprint density at radius 1 is 1.24 bits per heavy atom. The minimum absolute atomic E-state index is 0.872. The van der Waals surface area contributed by atoms with E-state index in [1.165, 1.54) is 43.0 Å². The lowest BCUT2D eigenvalue weighted by Gasteiger charge is -2.12. The summed E-state index contributed by atoms with van der Waals surface area (Å²) < 4.78 is 5.16. The van der Waals surface area contributed by atoms with Crippen LogP contribution in [0.3, 0.4) is 0 Å². The Morgan fingerprint density at radius 3 is 2.82 bits per heavy atom. The number of nitrogens with one attached hydrogen (secondary N) is 1. The van der Waals surface area contributed by atoms with Gasteiger partial charge in [0.05, 0.1) is 7.11 Å². The highest BCUT2D eigenvalue weighted by atomic mass is 32.2. The fourth-order valence-corrected chi connectivity index (χ4v) is 3.23. The van der Waals surface area contributed by atoms with Crippen LogP contribution in [0.1, 0.15) is 19.3 Å². The number of ether oxygens (including phenoxy) is 1. The van der Waals surface area contributed by atoms with Gasteiger partial charge in [0.1, 0.15) is 5.75 Å². The van der Waals surface area contributed by atoms with E-state index in [9.17, 15) is 0 Å². The molecule has 1 atom stereocenters. The fourth-order valence-electron chi connectivity index (χ4n) is 2.14. The molecule has 0 spiro atoms. The number of hydrogen-bond donors (Lipinski definition) is 1. The molecule has 2 rings (SSSR count). The molecule has 1 saturated heterocycles. The van der Waals surface area contributed by atoms with E-state index in [4.69, 9.17) is 4.74 Å². The van der Waals surface area contributed by atoms with Crippen molar-refractivity contribution in [3.8, 4) is 5.75 Å². The quantitative estimate of drug-likeness (QED) is 0.831. The van der Waals surface area contributed by atoms with Gasteiger partial charge in [-0.15, -0.1) is 11.8 Å². The highest BCUT2D eigenvalue weighted by Gasteiger charge is 2.11. The van der Waals surface area contributed by atoms with Gasteiger partial charge >= 0.3 is 0 Å². The number of hydrogen-bond acceptors (Lipinski definition) is 3. The molecule has 0 bridgehead atoms. The molecule has 0 radical (unpaired) electrons. The molecule has 1 aromatic rings. The number of benzene rings is 1. The smallest absolute Gasteiger partial charge is 0.118 e. The first-order chi connectivity index (χ1) is 8.38. The number of thioether (sulfide) groups is 1. The molecule has 1 aliphatic heterocycles. The predicted octanol–water partition coefficient (Wildman–Crippen LogP) is 3.18. The molecule has 1 unspecified atom stereocenters. The zero-order valence-electron chi connectivity index (χ0n) is 10.4. The van der Waals surface area contributed by atoms with Gasteiger partial charge < -0.3 is 10.1 Å².